The molecule has 4 aromatic rings. The van der Waals surface area contributed by atoms with Crippen molar-refractivity contribution in [2.45, 2.75) is 19.6 Å². The third-order valence-electron chi connectivity index (χ3n) is 4.78. The minimum atomic E-state index is -0.688. The van der Waals surface area contributed by atoms with E-state index in [0.29, 0.717) is 16.2 Å². The Morgan fingerprint density at radius 2 is 2.03 bits per heavy atom. The fourth-order valence-corrected chi connectivity index (χ4v) is 5.18. The molecule has 3 heterocycles. The number of aromatic nitrogens is 1. The number of benzene rings is 1. The smallest absolute Gasteiger partial charge is 0.205 e. The summed E-state index contributed by atoms with van der Waals surface area (Å²) >= 11 is 14.0. The maximum Gasteiger partial charge on any atom is 0.205 e. The van der Waals surface area contributed by atoms with Gasteiger partial charge in [0.25, 0.3) is 0 Å². The van der Waals surface area contributed by atoms with Gasteiger partial charge in [-0.15, -0.1) is 11.3 Å². The number of nitrogens with two attached hydrogens (primary N) is 1. The zero-order valence-corrected chi connectivity index (χ0v) is 19.4. The molecule has 0 aliphatic carbocycles. The summed E-state index contributed by atoms with van der Waals surface area (Å²) in [6, 6.07) is 6.80. The first-order chi connectivity index (χ1) is 14.8. The van der Waals surface area contributed by atoms with E-state index in [1.807, 2.05) is 14.1 Å². The number of furan rings is 1. The second-order valence-electron chi connectivity index (χ2n) is 7.39. The number of halogens is 3. The lowest BCUT2D eigenvalue weighted by Gasteiger charge is -2.18. The molecule has 0 spiro atoms. The highest BCUT2D eigenvalue weighted by molar-refractivity contribution is 7.15. The van der Waals surface area contributed by atoms with Gasteiger partial charge in [0.1, 0.15) is 18.2 Å². The van der Waals surface area contributed by atoms with Gasteiger partial charge in [0, 0.05) is 38.6 Å². The fraction of sp³-hybridized carbons (Fsp3) is 0.227. The lowest BCUT2D eigenvalue weighted by atomic mass is 10.1. The summed E-state index contributed by atoms with van der Waals surface area (Å²) in [5.41, 5.74) is 7.78. The molecule has 0 saturated carbocycles. The number of pyridine rings is 1. The number of hydrogen-bond acceptors (Lipinski definition) is 6. The number of rotatable bonds is 6. The number of thiophene rings is 1. The number of nitrogens with zero attached hydrogens (tertiary/aromatic N) is 2. The molecule has 0 amide bonds. The first kappa shape index (κ1) is 21.9. The number of nitrogen functional groups attached to an aromatic ring is 1. The Kier molecular flexibility index (Phi) is 6.12. The maximum absolute atomic E-state index is 14.0. The van der Waals surface area contributed by atoms with Gasteiger partial charge in [0.2, 0.25) is 5.75 Å². The molecule has 31 heavy (non-hydrogen) atoms. The van der Waals surface area contributed by atoms with E-state index in [0.717, 1.165) is 22.4 Å². The van der Waals surface area contributed by atoms with Gasteiger partial charge in [-0.05, 0) is 45.3 Å². The van der Waals surface area contributed by atoms with Crippen LogP contribution in [0.4, 0.5) is 10.2 Å². The van der Waals surface area contributed by atoms with Crippen molar-refractivity contribution in [3.05, 3.63) is 63.0 Å². The van der Waals surface area contributed by atoms with E-state index in [1.54, 1.807) is 30.7 Å². The number of ether oxygens (including phenoxy) is 1. The highest BCUT2D eigenvalue weighted by Crippen LogP contribution is 2.42. The van der Waals surface area contributed by atoms with Crippen molar-refractivity contribution in [1.29, 1.82) is 0 Å². The molecule has 5 nitrogen and oxygen atoms in total. The van der Waals surface area contributed by atoms with Crippen LogP contribution in [0.2, 0.25) is 10.0 Å². The van der Waals surface area contributed by atoms with Crippen molar-refractivity contribution in [3.8, 4) is 16.2 Å². The van der Waals surface area contributed by atoms with Crippen molar-refractivity contribution in [3.63, 3.8) is 0 Å². The van der Waals surface area contributed by atoms with Crippen LogP contribution in [0.3, 0.4) is 0 Å². The lowest BCUT2D eigenvalue weighted by Crippen LogP contribution is -2.09. The Bertz CT molecular complexity index is 1260. The predicted octanol–water partition coefficient (Wildman–Crippen LogP) is 6.79. The molecule has 0 fully saturated rings. The van der Waals surface area contributed by atoms with Crippen molar-refractivity contribution >= 4 is 51.3 Å². The minimum Gasteiger partial charge on any atom is -0.478 e. The highest BCUT2D eigenvalue weighted by Gasteiger charge is 2.23. The third kappa shape index (κ3) is 4.23. The highest BCUT2D eigenvalue weighted by atomic mass is 35.5. The summed E-state index contributed by atoms with van der Waals surface area (Å²) in [6.45, 7) is 2.56. The molecule has 0 aliphatic rings. The van der Waals surface area contributed by atoms with E-state index >= 15 is 0 Å². The summed E-state index contributed by atoms with van der Waals surface area (Å²) in [7, 11) is 4.06. The summed E-state index contributed by atoms with van der Waals surface area (Å²) in [5.74, 6) is -0.159. The molecule has 1 atom stereocenters. The molecule has 1 unspecified atom stereocenters. The first-order valence-corrected chi connectivity index (χ1v) is 11.0. The van der Waals surface area contributed by atoms with Crippen LogP contribution in [-0.4, -0.2) is 24.0 Å². The molecule has 2 N–H and O–H groups in total. The van der Waals surface area contributed by atoms with Gasteiger partial charge in [-0.1, -0.05) is 23.2 Å². The maximum atomic E-state index is 14.0. The Hall–Kier alpha value is -2.32. The standard InChI is InChI=1S/C22H20Cl2FN3O2S/c1-11(18-15(23)5-6-16(25)19(18)24)30-21-20-13(8-27-22(21)26)14(10-29-20)17-7-4-12(31-17)9-28(2)3/h4-8,10-11H,9H2,1-3H3,(H2,26,27). The lowest BCUT2D eigenvalue weighted by molar-refractivity contribution is 0.227. The molecule has 3 aromatic heterocycles. The van der Waals surface area contributed by atoms with Crippen LogP contribution >= 0.6 is 34.5 Å². The number of fused-ring (bicyclic) bond motifs is 1. The Labute approximate surface area is 193 Å². The van der Waals surface area contributed by atoms with Gasteiger partial charge in [0.15, 0.2) is 11.4 Å². The topological polar surface area (TPSA) is 64.5 Å². The van der Waals surface area contributed by atoms with Crippen LogP contribution in [0.5, 0.6) is 5.75 Å². The zero-order chi connectivity index (χ0) is 22.3. The molecule has 0 bridgehead atoms. The van der Waals surface area contributed by atoms with E-state index in [-0.39, 0.29) is 16.6 Å². The van der Waals surface area contributed by atoms with Gasteiger partial charge in [-0.2, -0.15) is 0 Å². The molecule has 1 aromatic carbocycles. The van der Waals surface area contributed by atoms with Crippen molar-refractivity contribution < 1.29 is 13.5 Å². The summed E-state index contributed by atoms with van der Waals surface area (Å²) in [4.78, 5) is 8.68. The normalized spacial score (nSPS) is 12.6. The quantitative estimate of drug-likeness (QED) is 0.308. The molecular formula is C22H20Cl2FN3O2S. The average Bonchev–Trinajstić information content (AvgIpc) is 3.33. The number of anilines is 1. The molecule has 0 radical (unpaired) electrons. The Morgan fingerprint density at radius 1 is 1.26 bits per heavy atom. The largest absolute Gasteiger partial charge is 0.478 e. The monoisotopic (exact) mass is 479 g/mol. The molecular weight excluding hydrogens is 460 g/mol. The summed E-state index contributed by atoms with van der Waals surface area (Å²) in [5, 5.41) is 0.974. The summed E-state index contributed by atoms with van der Waals surface area (Å²) in [6.07, 6.45) is 2.64. The van der Waals surface area contributed by atoms with Crippen LogP contribution in [0, 0.1) is 5.82 Å². The van der Waals surface area contributed by atoms with Crippen LogP contribution in [0.25, 0.3) is 21.4 Å². The fourth-order valence-electron chi connectivity index (χ4n) is 3.36. The van der Waals surface area contributed by atoms with E-state index in [1.165, 1.54) is 17.0 Å². The molecule has 9 heteroatoms. The van der Waals surface area contributed by atoms with E-state index < -0.39 is 11.9 Å². The second kappa shape index (κ2) is 8.67. The van der Waals surface area contributed by atoms with Crippen LogP contribution in [0.15, 0.2) is 41.1 Å². The van der Waals surface area contributed by atoms with Crippen molar-refractivity contribution in [2.75, 3.05) is 19.8 Å². The Balaban J connectivity index is 1.72. The van der Waals surface area contributed by atoms with E-state index in [2.05, 4.69) is 22.0 Å². The first-order valence-electron chi connectivity index (χ1n) is 9.45. The van der Waals surface area contributed by atoms with Crippen molar-refractivity contribution in [1.82, 2.24) is 9.88 Å². The van der Waals surface area contributed by atoms with Crippen LogP contribution in [0.1, 0.15) is 23.5 Å². The average molecular weight is 480 g/mol. The second-order valence-corrected chi connectivity index (χ2v) is 9.34. The van der Waals surface area contributed by atoms with Gasteiger partial charge in [-0.25, -0.2) is 9.37 Å². The molecule has 162 valence electrons. The predicted molar refractivity (Wildman–Crippen MR) is 125 cm³/mol. The van der Waals surface area contributed by atoms with E-state index in [4.69, 9.17) is 38.1 Å². The van der Waals surface area contributed by atoms with Gasteiger partial charge in [0.05, 0.1) is 10.4 Å². The molecule has 4 rings (SSSR count). The summed E-state index contributed by atoms with van der Waals surface area (Å²) < 4.78 is 25.8. The van der Waals surface area contributed by atoms with Crippen LogP contribution < -0.4 is 10.5 Å². The van der Waals surface area contributed by atoms with Gasteiger partial charge in [-0.3, -0.25) is 0 Å². The molecule has 0 aliphatic heterocycles. The van der Waals surface area contributed by atoms with Gasteiger partial charge >= 0.3 is 0 Å². The van der Waals surface area contributed by atoms with Crippen molar-refractivity contribution in [2.24, 2.45) is 0 Å². The zero-order valence-electron chi connectivity index (χ0n) is 17.1. The SMILES string of the molecule is CC(Oc1c(N)ncc2c(-c3ccc(CN(C)C)s3)coc12)c1c(Cl)ccc(F)c1Cl. The molecule has 0 saturated heterocycles. The third-order valence-corrected chi connectivity index (χ3v) is 6.60. The Morgan fingerprint density at radius 3 is 2.77 bits per heavy atom. The number of hydrogen-bond donors (Lipinski definition) is 1. The van der Waals surface area contributed by atoms with Gasteiger partial charge < -0.3 is 19.8 Å². The minimum absolute atomic E-state index is 0.0918. The van der Waals surface area contributed by atoms with Crippen LogP contribution in [-0.2, 0) is 6.54 Å². The van der Waals surface area contributed by atoms with E-state index in [9.17, 15) is 4.39 Å².